The van der Waals surface area contributed by atoms with Crippen LogP contribution in [0.15, 0.2) is 56.9 Å². The molecular weight excluding hydrogens is 531 g/mol. The number of aromatic amines is 1. The number of halogens is 3. The summed E-state index contributed by atoms with van der Waals surface area (Å²) in [5, 5.41) is 4.27. The Labute approximate surface area is 212 Å². The largest absolute Gasteiger partial charge is 0.421 e. The minimum Gasteiger partial charge on any atom is -0.326 e. The van der Waals surface area contributed by atoms with Crippen LogP contribution in [0, 0.1) is 13.8 Å². The first kappa shape index (κ1) is 26.8. The molecule has 0 radical (unpaired) electrons. The number of nitrogens with zero attached hydrogens (tertiary/aromatic N) is 1. The van der Waals surface area contributed by atoms with E-state index in [1.165, 1.54) is 23.8 Å². The summed E-state index contributed by atoms with van der Waals surface area (Å²) in [7, 11) is -5.11. The molecular formula is C23H20F3N5O6S. The van der Waals surface area contributed by atoms with Crippen LogP contribution in [0.25, 0.3) is 5.69 Å². The molecule has 1 aliphatic rings. The second kappa shape index (κ2) is 8.95. The number of hydrogen-bond donors (Lipinski definition) is 4. The van der Waals surface area contributed by atoms with Gasteiger partial charge in [-0.2, -0.15) is 17.9 Å². The molecule has 2 aromatic carbocycles. The van der Waals surface area contributed by atoms with Crippen molar-refractivity contribution in [2.75, 3.05) is 10.6 Å². The number of H-pyrrole nitrogens is 1. The highest BCUT2D eigenvalue weighted by molar-refractivity contribution is 7.89. The fraction of sp³-hybridized carbons (Fsp3) is 0.217. The lowest BCUT2D eigenvalue weighted by atomic mass is 9.93. The van der Waals surface area contributed by atoms with Gasteiger partial charge in [0.15, 0.2) is 0 Å². The normalized spacial score (nSPS) is 17.2. The summed E-state index contributed by atoms with van der Waals surface area (Å²) in [6, 6.07) is 8.50. The Balaban J connectivity index is 1.93. The van der Waals surface area contributed by atoms with Crippen LogP contribution in [0.4, 0.5) is 24.7 Å². The van der Waals surface area contributed by atoms with Crippen molar-refractivity contribution in [2.45, 2.75) is 37.4 Å². The Morgan fingerprint density at radius 3 is 2.18 bits per heavy atom. The molecule has 0 spiro atoms. The molecule has 38 heavy (non-hydrogen) atoms. The maximum Gasteiger partial charge on any atom is 0.421 e. The van der Waals surface area contributed by atoms with Gasteiger partial charge in [0.1, 0.15) is 5.82 Å². The summed E-state index contributed by atoms with van der Waals surface area (Å²) >= 11 is 0. The fourth-order valence-electron chi connectivity index (χ4n) is 4.04. The molecule has 0 aliphatic carbocycles. The first-order chi connectivity index (χ1) is 17.6. The third-order valence-electron chi connectivity index (χ3n) is 6.00. The van der Waals surface area contributed by atoms with Crippen molar-refractivity contribution in [3.63, 3.8) is 0 Å². The summed E-state index contributed by atoms with van der Waals surface area (Å²) in [6.07, 6.45) is -5.66. The zero-order valence-corrected chi connectivity index (χ0v) is 20.8. The highest BCUT2D eigenvalue weighted by Gasteiger charge is 2.69. The molecule has 3 aromatic rings. The van der Waals surface area contributed by atoms with E-state index in [4.69, 9.17) is 0 Å². The molecule has 4 rings (SSSR count). The molecule has 0 saturated carbocycles. The smallest absolute Gasteiger partial charge is 0.326 e. The number of anilines is 2. The highest BCUT2D eigenvalue weighted by atomic mass is 32.2. The van der Waals surface area contributed by atoms with E-state index in [-0.39, 0.29) is 11.4 Å². The molecule has 0 bridgehead atoms. The van der Waals surface area contributed by atoms with Crippen molar-refractivity contribution >= 4 is 33.3 Å². The van der Waals surface area contributed by atoms with Gasteiger partial charge in [0, 0.05) is 12.6 Å². The van der Waals surface area contributed by atoms with Gasteiger partial charge in [-0.15, -0.1) is 0 Å². The van der Waals surface area contributed by atoms with Crippen molar-refractivity contribution in [2.24, 2.45) is 0 Å². The monoisotopic (exact) mass is 551 g/mol. The Hall–Kier alpha value is -4.24. The van der Waals surface area contributed by atoms with Crippen LogP contribution < -0.4 is 26.6 Å². The minimum absolute atomic E-state index is 0.0280. The van der Waals surface area contributed by atoms with E-state index in [1.807, 2.05) is 5.32 Å². The fourth-order valence-corrected chi connectivity index (χ4v) is 5.36. The van der Waals surface area contributed by atoms with Gasteiger partial charge in [-0.25, -0.2) is 17.8 Å². The maximum atomic E-state index is 14.7. The zero-order chi connectivity index (χ0) is 28.2. The van der Waals surface area contributed by atoms with Gasteiger partial charge in [-0.1, -0.05) is 6.07 Å². The molecule has 1 aromatic heterocycles. The van der Waals surface area contributed by atoms with E-state index in [1.54, 1.807) is 24.9 Å². The van der Waals surface area contributed by atoms with Crippen LogP contribution >= 0.6 is 0 Å². The first-order valence-corrected chi connectivity index (χ1v) is 12.3. The van der Waals surface area contributed by atoms with Crippen molar-refractivity contribution in [1.29, 1.82) is 0 Å². The first-order valence-electron chi connectivity index (χ1n) is 10.9. The van der Waals surface area contributed by atoms with Gasteiger partial charge in [-0.3, -0.25) is 19.4 Å². The lowest BCUT2D eigenvalue weighted by molar-refractivity contribution is -0.194. The molecule has 2 heterocycles. The molecule has 2 amide bonds. The van der Waals surface area contributed by atoms with E-state index >= 15 is 0 Å². The van der Waals surface area contributed by atoms with Crippen LogP contribution in [0.5, 0.6) is 0 Å². The minimum atomic E-state index is -5.66. The third-order valence-corrected chi connectivity index (χ3v) is 7.47. The number of carbonyl (C=O) groups is 2. The van der Waals surface area contributed by atoms with E-state index in [0.29, 0.717) is 10.1 Å². The number of nitrogens with one attached hydrogen (secondary N) is 4. The Morgan fingerprint density at radius 1 is 1.00 bits per heavy atom. The van der Waals surface area contributed by atoms with Crippen LogP contribution in [0.3, 0.4) is 0 Å². The van der Waals surface area contributed by atoms with E-state index in [0.717, 1.165) is 29.8 Å². The Morgan fingerprint density at radius 2 is 1.63 bits per heavy atom. The molecule has 200 valence electrons. The zero-order valence-electron chi connectivity index (χ0n) is 20.0. The highest BCUT2D eigenvalue weighted by Crippen LogP contribution is 2.46. The number of amides is 2. The molecule has 0 saturated heterocycles. The van der Waals surface area contributed by atoms with E-state index in [9.17, 15) is 40.8 Å². The second-order valence-corrected chi connectivity index (χ2v) is 10.3. The summed E-state index contributed by atoms with van der Waals surface area (Å²) < 4.78 is 72.2. The summed E-state index contributed by atoms with van der Waals surface area (Å²) in [4.78, 5) is 50.7. The standard InChI is InChI=1S/C23H20F3N5O6S/c1-11-4-7-15(10-12(11)2)31-18-17(19(33)29-21(31)35)22(20(34)28-18,23(24,25)26)30-38(36,37)16-8-5-14(6-9-16)27-13(3)32/h4-10,30H,1-3H3,(H,27,32)(H,28,34)(H,29,33,35)/t22-/m1/s1. The molecule has 1 aliphatic heterocycles. The number of sulfonamides is 1. The number of rotatable bonds is 5. The quantitative estimate of drug-likeness (QED) is 0.378. The van der Waals surface area contributed by atoms with Crippen molar-refractivity contribution in [1.82, 2.24) is 14.3 Å². The number of carbonyl (C=O) groups excluding carboxylic acids is 2. The maximum absolute atomic E-state index is 14.7. The van der Waals surface area contributed by atoms with Gasteiger partial charge in [0.25, 0.3) is 11.5 Å². The molecule has 15 heteroatoms. The van der Waals surface area contributed by atoms with Gasteiger partial charge in [0.2, 0.25) is 21.5 Å². The summed E-state index contributed by atoms with van der Waals surface area (Å²) in [6.45, 7) is 4.64. The van der Waals surface area contributed by atoms with Crippen molar-refractivity contribution in [3.8, 4) is 5.69 Å². The van der Waals surface area contributed by atoms with E-state index < -0.39 is 61.1 Å². The van der Waals surface area contributed by atoms with E-state index in [2.05, 4.69) is 5.32 Å². The Kier molecular flexibility index (Phi) is 6.32. The predicted octanol–water partition coefficient (Wildman–Crippen LogP) is 1.79. The third kappa shape index (κ3) is 4.28. The van der Waals surface area contributed by atoms with Gasteiger partial charge < -0.3 is 10.6 Å². The summed E-state index contributed by atoms with van der Waals surface area (Å²) in [5.74, 6) is -3.22. The number of benzene rings is 2. The average Bonchev–Trinajstić information content (AvgIpc) is 3.08. The second-order valence-electron chi connectivity index (χ2n) is 8.60. The van der Waals surface area contributed by atoms with Crippen LogP contribution in [0.2, 0.25) is 0 Å². The SMILES string of the molecule is CC(=O)Nc1ccc(S(=O)(=O)N[C@@]2(C(F)(F)F)C(=O)Nc3c2c(=O)[nH]c(=O)n3-c2ccc(C)c(C)c2)cc1. The van der Waals surface area contributed by atoms with Crippen LogP contribution in [-0.4, -0.2) is 36.0 Å². The number of aromatic nitrogens is 2. The van der Waals surface area contributed by atoms with Crippen molar-refractivity contribution < 1.29 is 31.2 Å². The lowest BCUT2D eigenvalue weighted by Crippen LogP contribution is -2.61. The summed E-state index contributed by atoms with van der Waals surface area (Å²) in [5.41, 5.74) is -6.51. The number of hydrogen-bond acceptors (Lipinski definition) is 6. The molecule has 0 unspecified atom stereocenters. The average molecular weight is 552 g/mol. The van der Waals surface area contributed by atoms with Crippen LogP contribution in [0.1, 0.15) is 23.6 Å². The molecule has 0 fully saturated rings. The molecule has 1 atom stereocenters. The number of aryl methyl sites for hydroxylation is 2. The van der Waals surface area contributed by atoms with Gasteiger partial charge in [0.05, 0.1) is 16.1 Å². The number of alkyl halides is 3. The van der Waals surface area contributed by atoms with Gasteiger partial charge >= 0.3 is 11.9 Å². The Bertz CT molecular complexity index is 1710. The number of fused-ring (bicyclic) bond motifs is 1. The molecule has 11 nitrogen and oxygen atoms in total. The topological polar surface area (TPSA) is 159 Å². The lowest BCUT2D eigenvalue weighted by Gasteiger charge is -2.29. The molecule has 4 N–H and O–H groups in total. The van der Waals surface area contributed by atoms with Crippen molar-refractivity contribution in [3.05, 3.63) is 80.0 Å². The predicted molar refractivity (Wildman–Crippen MR) is 130 cm³/mol. The van der Waals surface area contributed by atoms with Crippen LogP contribution in [-0.2, 0) is 25.2 Å². The van der Waals surface area contributed by atoms with Gasteiger partial charge in [-0.05, 0) is 61.4 Å².